The number of aromatic amines is 1. The molecule has 0 spiro atoms. The molecule has 130 valence electrons. The van der Waals surface area contributed by atoms with E-state index in [9.17, 15) is 4.39 Å². The highest BCUT2D eigenvalue weighted by molar-refractivity contribution is 6.29. The van der Waals surface area contributed by atoms with Gasteiger partial charge in [0.15, 0.2) is 16.6 Å². The van der Waals surface area contributed by atoms with E-state index in [2.05, 4.69) is 30.0 Å². The van der Waals surface area contributed by atoms with Crippen LogP contribution in [0.15, 0.2) is 18.5 Å². The molecule has 3 aromatic heterocycles. The summed E-state index contributed by atoms with van der Waals surface area (Å²) in [6.45, 7) is 0. The second-order valence-electron chi connectivity index (χ2n) is 6.36. The van der Waals surface area contributed by atoms with Crippen LogP contribution in [0.25, 0.3) is 22.4 Å². The summed E-state index contributed by atoms with van der Waals surface area (Å²) in [5.41, 5.74) is 1.69. The van der Waals surface area contributed by atoms with Gasteiger partial charge in [-0.3, -0.25) is 5.10 Å². The first kappa shape index (κ1) is 16.2. The van der Waals surface area contributed by atoms with E-state index in [1.54, 1.807) is 6.20 Å². The summed E-state index contributed by atoms with van der Waals surface area (Å²) in [4.78, 5) is 15.0. The van der Waals surface area contributed by atoms with Gasteiger partial charge in [-0.1, -0.05) is 30.9 Å². The van der Waals surface area contributed by atoms with E-state index in [0.717, 1.165) is 5.82 Å². The molecule has 0 aromatic carbocycles. The molecular formula is C17H18ClFN6. The van der Waals surface area contributed by atoms with E-state index in [1.807, 2.05) is 7.05 Å². The van der Waals surface area contributed by atoms with Crippen molar-refractivity contribution in [2.45, 2.75) is 38.1 Å². The summed E-state index contributed by atoms with van der Waals surface area (Å²) in [5.74, 6) is 0.186. The van der Waals surface area contributed by atoms with Crippen LogP contribution in [0.5, 0.6) is 0 Å². The molecule has 3 heterocycles. The number of halogens is 2. The van der Waals surface area contributed by atoms with E-state index in [-0.39, 0.29) is 10.7 Å². The minimum atomic E-state index is -0.609. The number of fused-ring (bicyclic) bond motifs is 1. The average Bonchev–Trinajstić information content (AvgIpc) is 3.07. The smallest absolute Gasteiger partial charge is 0.177 e. The summed E-state index contributed by atoms with van der Waals surface area (Å²) >= 11 is 5.77. The van der Waals surface area contributed by atoms with Crippen molar-refractivity contribution in [3.05, 3.63) is 29.4 Å². The molecule has 3 aromatic rings. The van der Waals surface area contributed by atoms with Crippen LogP contribution in [0.1, 0.15) is 32.1 Å². The Morgan fingerprint density at radius 1 is 1.24 bits per heavy atom. The van der Waals surface area contributed by atoms with Crippen LogP contribution >= 0.6 is 11.6 Å². The Kier molecular flexibility index (Phi) is 4.25. The fraction of sp³-hybridized carbons (Fsp3) is 0.412. The first-order chi connectivity index (χ1) is 12.1. The molecule has 0 radical (unpaired) electrons. The fourth-order valence-electron chi connectivity index (χ4n) is 3.41. The first-order valence-corrected chi connectivity index (χ1v) is 8.77. The molecule has 1 aliphatic rings. The van der Waals surface area contributed by atoms with E-state index in [4.69, 9.17) is 11.6 Å². The molecule has 1 N–H and O–H groups in total. The monoisotopic (exact) mass is 360 g/mol. The predicted molar refractivity (Wildman–Crippen MR) is 95.2 cm³/mol. The van der Waals surface area contributed by atoms with Crippen LogP contribution in [-0.2, 0) is 0 Å². The van der Waals surface area contributed by atoms with Gasteiger partial charge < -0.3 is 4.90 Å². The number of hydrogen-bond acceptors (Lipinski definition) is 5. The highest BCUT2D eigenvalue weighted by Gasteiger charge is 2.21. The summed E-state index contributed by atoms with van der Waals surface area (Å²) in [7, 11) is 2.05. The van der Waals surface area contributed by atoms with Gasteiger partial charge in [0.1, 0.15) is 17.0 Å². The zero-order chi connectivity index (χ0) is 17.4. The topological polar surface area (TPSA) is 70.6 Å². The second-order valence-corrected chi connectivity index (χ2v) is 6.72. The third-order valence-corrected chi connectivity index (χ3v) is 5.11. The Balaban J connectivity index is 1.70. The molecule has 0 saturated heterocycles. The molecule has 1 saturated carbocycles. The number of nitrogens with one attached hydrogen (secondary N) is 1. The molecule has 0 amide bonds. The van der Waals surface area contributed by atoms with Crippen molar-refractivity contribution in [3.8, 4) is 11.3 Å². The number of rotatable bonds is 3. The van der Waals surface area contributed by atoms with Gasteiger partial charge in [-0.2, -0.15) is 5.10 Å². The highest BCUT2D eigenvalue weighted by Crippen LogP contribution is 2.30. The third-order valence-electron chi connectivity index (χ3n) is 4.84. The van der Waals surface area contributed by atoms with Crippen molar-refractivity contribution in [1.29, 1.82) is 0 Å². The van der Waals surface area contributed by atoms with Gasteiger partial charge in [0.25, 0.3) is 0 Å². The molecule has 1 aliphatic carbocycles. The van der Waals surface area contributed by atoms with Crippen molar-refractivity contribution in [2.75, 3.05) is 11.9 Å². The van der Waals surface area contributed by atoms with Crippen LogP contribution in [0.3, 0.4) is 0 Å². The number of anilines is 1. The van der Waals surface area contributed by atoms with E-state index in [0.29, 0.717) is 22.9 Å². The van der Waals surface area contributed by atoms with Gasteiger partial charge in [0.2, 0.25) is 0 Å². The summed E-state index contributed by atoms with van der Waals surface area (Å²) in [6, 6.07) is 2.01. The lowest BCUT2D eigenvalue weighted by Crippen LogP contribution is -2.33. The van der Waals surface area contributed by atoms with E-state index in [1.165, 1.54) is 44.4 Å². The standard InChI is InChI=1S/C17H18ClFN6/c1-25(10-5-3-2-4-6-10)12-9-21-15-14(23-24-17(15)22-12)11-7-8-20-16(18)13(11)19/h7-10H,2-6H2,1H3,(H,22,23,24). The number of nitrogens with zero attached hydrogens (tertiary/aromatic N) is 5. The van der Waals surface area contributed by atoms with Crippen LogP contribution in [-0.4, -0.2) is 38.2 Å². The Bertz CT molecular complexity index is 905. The van der Waals surface area contributed by atoms with Gasteiger partial charge >= 0.3 is 0 Å². The Morgan fingerprint density at radius 2 is 2.04 bits per heavy atom. The largest absolute Gasteiger partial charge is 0.355 e. The van der Waals surface area contributed by atoms with Crippen molar-refractivity contribution < 1.29 is 4.39 Å². The molecule has 6 nitrogen and oxygen atoms in total. The molecule has 0 atom stereocenters. The van der Waals surface area contributed by atoms with Crippen LogP contribution < -0.4 is 4.90 Å². The van der Waals surface area contributed by atoms with Crippen molar-refractivity contribution in [1.82, 2.24) is 25.1 Å². The predicted octanol–water partition coefficient (Wildman–Crippen LogP) is 3.98. The van der Waals surface area contributed by atoms with Crippen LogP contribution in [0.4, 0.5) is 10.2 Å². The van der Waals surface area contributed by atoms with Crippen LogP contribution in [0, 0.1) is 5.82 Å². The molecule has 0 bridgehead atoms. The van der Waals surface area contributed by atoms with E-state index < -0.39 is 5.82 Å². The van der Waals surface area contributed by atoms with Crippen LogP contribution in [0.2, 0.25) is 5.15 Å². The molecule has 8 heteroatoms. The van der Waals surface area contributed by atoms with Crippen molar-refractivity contribution >= 4 is 28.6 Å². The maximum absolute atomic E-state index is 14.2. The summed E-state index contributed by atoms with van der Waals surface area (Å²) in [6.07, 6.45) is 9.31. The zero-order valence-corrected chi connectivity index (χ0v) is 14.6. The number of aromatic nitrogens is 5. The third kappa shape index (κ3) is 2.93. The molecule has 1 fully saturated rings. The average molecular weight is 361 g/mol. The normalized spacial score (nSPS) is 15.6. The summed E-state index contributed by atoms with van der Waals surface area (Å²) < 4.78 is 14.2. The van der Waals surface area contributed by atoms with Gasteiger partial charge in [0, 0.05) is 24.8 Å². The molecular weight excluding hydrogens is 343 g/mol. The van der Waals surface area contributed by atoms with Crippen molar-refractivity contribution in [3.63, 3.8) is 0 Å². The lowest BCUT2D eigenvalue weighted by atomic mass is 9.94. The Morgan fingerprint density at radius 3 is 2.84 bits per heavy atom. The summed E-state index contributed by atoms with van der Waals surface area (Å²) in [5, 5.41) is 6.85. The fourth-order valence-corrected chi connectivity index (χ4v) is 3.57. The second kappa shape index (κ2) is 6.55. The molecule has 4 rings (SSSR count). The van der Waals surface area contributed by atoms with Gasteiger partial charge in [-0.05, 0) is 18.9 Å². The minimum Gasteiger partial charge on any atom is -0.355 e. The minimum absolute atomic E-state index is 0.185. The number of H-pyrrole nitrogens is 1. The molecule has 0 aliphatic heterocycles. The number of hydrogen-bond donors (Lipinski definition) is 1. The number of pyridine rings is 1. The lowest BCUT2D eigenvalue weighted by molar-refractivity contribution is 0.426. The quantitative estimate of drug-likeness (QED) is 0.715. The molecule has 25 heavy (non-hydrogen) atoms. The lowest BCUT2D eigenvalue weighted by Gasteiger charge is -2.31. The maximum atomic E-state index is 14.2. The first-order valence-electron chi connectivity index (χ1n) is 8.39. The van der Waals surface area contributed by atoms with Gasteiger partial charge in [-0.25, -0.2) is 19.3 Å². The Labute approximate surface area is 149 Å². The Hall–Kier alpha value is -2.28. The van der Waals surface area contributed by atoms with E-state index >= 15 is 0 Å². The highest BCUT2D eigenvalue weighted by atomic mass is 35.5. The SMILES string of the molecule is CN(c1cnc2c(-c3ccnc(Cl)c3F)n[nH]c2n1)C1CCCCC1. The zero-order valence-electron chi connectivity index (χ0n) is 13.8. The molecule has 0 unspecified atom stereocenters. The van der Waals surface area contributed by atoms with Gasteiger partial charge in [-0.15, -0.1) is 0 Å². The van der Waals surface area contributed by atoms with Gasteiger partial charge in [0.05, 0.1) is 6.20 Å². The maximum Gasteiger partial charge on any atom is 0.177 e. The van der Waals surface area contributed by atoms with Crippen molar-refractivity contribution in [2.24, 2.45) is 0 Å².